The number of rotatable bonds is 6. The van der Waals surface area contributed by atoms with Crippen LogP contribution in [0.3, 0.4) is 0 Å². The summed E-state index contributed by atoms with van der Waals surface area (Å²) in [6, 6.07) is 10.4. The molecule has 1 amide bonds. The highest BCUT2D eigenvalue weighted by atomic mass is 16.2. The Bertz CT molecular complexity index is 387. The Hall–Kier alpha value is -1.35. The molecule has 19 heavy (non-hydrogen) atoms. The molecular formula is C16H26N2O. The van der Waals surface area contributed by atoms with Gasteiger partial charge in [-0.15, -0.1) is 0 Å². The predicted octanol–water partition coefficient (Wildman–Crippen LogP) is 2.94. The van der Waals surface area contributed by atoms with Crippen LogP contribution in [0.15, 0.2) is 30.3 Å². The molecule has 0 aromatic heterocycles. The first-order chi connectivity index (χ1) is 9.02. The minimum Gasteiger partial charge on any atom is -0.342 e. The Morgan fingerprint density at radius 2 is 1.63 bits per heavy atom. The molecule has 3 nitrogen and oxygen atoms in total. The number of hydrogen-bond donors (Lipinski definition) is 0. The standard InChI is InChI=1S/C16H26N2O/c1-6-18(7-2)16(19)14(4)17(5)13(3)15-11-9-8-10-12-15/h8-14H,6-7H2,1-5H3/t13-,14-/m1/s1. The van der Waals surface area contributed by atoms with Crippen molar-refractivity contribution in [3.8, 4) is 0 Å². The fourth-order valence-electron chi connectivity index (χ4n) is 2.28. The number of carbonyl (C=O) groups excluding carboxylic acids is 1. The Morgan fingerprint density at radius 1 is 1.11 bits per heavy atom. The molecule has 2 atom stereocenters. The molecular weight excluding hydrogens is 236 g/mol. The van der Waals surface area contributed by atoms with Crippen LogP contribution in [0.4, 0.5) is 0 Å². The number of nitrogens with zero attached hydrogens (tertiary/aromatic N) is 2. The van der Waals surface area contributed by atoms with Crippen LogP contribution in [0, 0.1) is 0 Å². The number of benzene rings is 1. The van der Waals surface area contributed by atoms with Crippen molar-refractivity contribution in [3.63, 3.8) is 0 Å². The molecule has 0 fully saturated rings. The van der Waals surface area contributed by atoms with Gasteiger partial charge in [0.2, 0.25) is 5.91 Å². The van der Waals surface area contributed by atoms with E-state index in [-0.39, 0.29) is 18.0 Å². The first-order valence-electron chi connectivity index (χ1n) is 7.08. The topological polar surface area (TPSA) is 23.6 Å². The minimum absolute atomic E-state index is 0.102. The summed E-state index contributed by atoms with van der Waals surface area (Å²) >= 11 is 0. The lowest BCUT2D eigenvalue weighted by Gasteiger charge is -2.33. The molecule has 1 rings (SSSR count). The molecule has 0 unspecified atom stereocenters. The number of amides is 1. The average Bonchev–Trinajstić information content (AvgIpc) is 2.47. The number of carbonyl (C=O) groups is 1. The van der Waals surface area contributed by atoms with E-state index in [2.05, 4.69) is 24.0 Å². The van der Waals surface area contributed by atoms with Gasteiger partial charge in [-0.2, -0.15) is 0 Å². The molecule has 1 aromatic carbocycles. The lowest BCUT2D eigenvalue weighted by atomic mass is 10.1. The van der Waals surface area contributed by atoms with Crippen LogP contribution in [0.25, 0.3) is 0 Å². The van der Waals surface area contributed by atoms with Gasteiger partial charge >= 0.3 is 0 Å². The summed E-state index contributed by atoms with van der Waals surface area (Å²) in [6.07, 6.45) is 0. The van der Waals surface area contributed by atoms with Crippen LogP contribution in [-0.2, 0) is 4.79 Å². The molecule has 0 heterocycles. The van der Waals surface area contributed by atoms with Crippen molar-refractivity contribution < 1.29 is 4.79 Å². The van der Waals surface area contributed by atoms with Gasteiger partial charge < -0.3 is 4.90 Å². The predicted molar refractivity (Wildman–Crippen MR) is 80.0 cm³/mol. The first-order valence-corrected chi connectivity index (χ1v) is 7.08. The van der Waals surface area contributed by atoms with Gasteiger partial charge in [0.1, 0.15) is 0 Å². The first kappa shape index (κ1) is 15.7. The smallest absolute Gasteiger partial charge is 0.239 e. The molecule has 0 radical (unpaired) electrons. The maximum atomic E-state index is 12.4. The summed E-state index contributed by atoms with van der Waals surface area (Å²) in [4.78, 5) is 16.4. The molecule has 0 aliphatic rings. The molecule has 0 saturated heterocycles. The monoisotopic (exact) mass is 262 g/mol. The highest BCUT2D eigenvalue weighted by Crippen LogP contribution is 2.21. The Morgan fingerprint density at radius 3 is 2.11 bits per heavy atom. The normalized spacial score (nSPS) is 14.2. The van der Waals surface area contributed by atoms with Gasteiger partial charge in [-0.05, 0) is 40.3 Å². The van der Waals surface area contributed by atoms with Crippen molar-refractivity contribution in [3.05, 3.63) is 35.9 Å². The van der Waals surface area contributed by atoms with Gasteiger partial charge in [-0.25, -0.2) is 0 Å². The summed E-state index contributed by atoms with van der Waals surface area (Å²) in [5.41, 5.74) is 1.24. The van der Waals surface area contributed by atoms with Crippen LogP contribution in [-0.4, -0.2) is 41.9 Å². The molecule has 106 valence electrons. The van der Waals surface area contributed by atoms with E-state index >= 15 is 0 Å². The van der Waals surface area contributed by atoms with E-state index < -0.39 is 0 Å². The van der Waals surface area contributed by atoms with Crippen molar-refractivity contribution in [2.75, 3.05) is 20.1 Å². The Labute approximate surface area is 117 Å². The van der Waals surface area contributed by atoms with Gasteiger partial charge in [-0.3, -0.25) is 9.69 Å². The van der Waals surface area contributed by atoms with E-state index in [1.54, 1.807) is 0 Å². The summed E-state index contributed by atoms with van der Waals surface area (Å²) in [5.74, 6) is 0.204. The zero-order valence-electron chi connectivity index (χ0n) is 12.8. The number of likely N-dealkylation sites (N-methyl/N-ethyl adjacent to an activating group) is 2. The summed E-state index contributed by atoms with van der Waals surface area (Å²) in [5, 5.41) is 0. The zero-order chi connectivity index (χ0) is 14.4. The summed E-state index contributed by atoms with van der Waals surface area (Å²) < 4.78 is 0. The third-order valence-corrected chi connectivity index (χ3v) is 3.94. The third-order valence-electron chi connectivity index (χ3n) is 3.94. The van der Waals surface area contributed by atoms with Gasteiger partial charge in [0.15, 0.2) is 0 Å². The van der Waals surface area contributed by atoms with Crippen molar-refractivity contribution in [2.24, 2.45) is 0 Å². The van der Waals surface area contributed by atoms with Crippen LogP contribution >= 0.6 is 0 Å². The lowest BCUT2D eigenvalue weighted by Crippen LogP contribution is -2.46. The summed E-state index contributed by atoms with van der Waals surface area (Å²) in [7, 11) is 2.02. The second kappa shape index (κ2) is 7.29. The van der Waals surface area contributed by atoms with Gasteiger partial charge in [0, 0.05) is 19.1 Å². The van der Waals surface area contributed by atoms with Crippen molar-refractivity contribution in [2.45, 2.75) is 39.8 Å². The third kappa shape index (κ3) is 3.80. The minimum atomic E-state index is -0.102. The van der Waals surface area contributed by atoms with Crippen LogP contribution in [0.5, 0.6) is 0 Å². The molecule has 0 bridgehead atoms. The zero-order valence-corrected chi connectivity index (χ0v) is 12.8. The molecule has 0 saturated carbocycles. The second-order valence-electron chi connectivity index (χ2n) is 4.94. The Balaban J connectivity index is 2.76. The maximum Gasteiger partial charge on any atom is 0.239 e. The van der Waals surface area contributed by atoms with Crippen LogP contribution in [0.1, 0.15) is 39.3 Å². The molecule has 1 aromatic rings. The largest absolute Gasteiger partial charge is 0.342 e. The molecule has 0 aliphatic heterocycles. The van der Waals surface area contributed by atoms with Gasteiger partial charge in [-0.1, -0.05) is 30.3 Å². The van der Waals surface area contributed by atoms with Crippen molar-refractivity contribution >= 4 is 5.91 Å². The maximum absolute atomic E-state index is 12.4. The molecule has 0 aliphatic carbocycles. The van der Waals surface area contributed by atoms with Crippen molar-refractivity contribution in [1.29, 1.82) is 0 Å². The van der Waals surface area contributed by atoms with Crippen molar-refractivity contribution in [1.82, 2.24) is 9.80 Å². The fraction of sp³-hybridized carbons (Fsp3) is 0.562. The van der Waals surface area contributed by atoms with E-state index in [1.165, 1.54) is 5.56 Å². The highest BCUT2D eigenvalue weighted by Gasteiger charge is 2.25. The second-order valence-corrected chi connectivity index (χ2v) is 4.94. The van der Waals surface area contributed by atoms with E-state index in [1.807, 2.05) is 50.9 Å². The Kier molecular flexibility index (Phi) is 6.03. The quantitative estimate of drug-likeness (QED) is 0.787. The summed E-state index contributed by atoms with van der Waals surface area (Å²) in [6.45, 7) is 9.71. The van der Waals surface area contributed by atoms with E-state index in [4.69, 9.17) is 0 Å². The van der Waals surface area contributed by atoms with Crippen LogP contribution in [0.2, 0.25) is 0 Å². The van der Waals surface area contributed by atoms with E-state index in [9.17, 15) is 4.79 Å². The van der Waals surface area contributed by atoms with E-state index in [0.717, 1.165) is 13.1 Å². The average molecular weight is 262 g/mol. The van der Waals surface area contributed by atoms with E-state index in [0.29, 0.717) is 0 Å². The lowest BCUT2D eigenvalue weighted by molar-refractivity contribution is -0.136. The number of hydrogen-bond acceptors (Lipinski definition) is 2. The molecule has 0 N–H and O–H groups in total. The molecule has 3 heteroatoms. The fourth-order valence-corrected chi connectivity index (χ4v) is 2.28. The SMILES string of the molecule is CCN(CC)C(=O)[C@@H](C)N(C)[C@H](C)c1ccccc1. The van der Waals surface area contributed by atoms with Gasteiger partial charge in [0.25, 0.3) is 0 Å². The molecule has 0 spiro atoms. The van der Waals surface area contributed by atoms with Gasteiger partial charge in [0.05, 0.1) is 6.04 Å². The highest BCUT2D eigenvalue weighted by molar-refractivity contribution is 5.81. The van der Waals surface area contributed by atoms with Crippen LogP contribution < -0.4 is 0 Å².